The SMILES string of the molecule is Cc1cc(SC(C)(C)C2CCN(C(=O)Nc3cnns3)CC2)n(C)n1. The number of piperidine rings is 1. The number of aryl methyl sites for hydroxylation is 2. The number of rotatable bonds is 4. The van der Waals surface area contributed by atoms with E-state index in [1.165, 1.54) is 16.6 Å². The molecule has 0 atom stereocenters. The lowest BCUT2D eigenvalue weighted by molar-refractivity contribution is 0.173. The fraction of sp³-hybridized carbons (Fsp3) is 0.625. The topological polar surface area (TPSA) is 75.9 Å². The molecule has 25 heavy (non-hydrogen) atoms. The second kappa shape index (κ2) is 7.33. The summed E-state index contributed by atoms with van der Waals surface area (Å²) >= 11 is 3.07. The first-order valence-electron chi connectivity index (χ1n) is 8.38. The van der Waals surface area contributed by atoms with Gasteiger partial charge in [0.25, 0.3) is 0 Å². The maximum atomic E-state index is 12.3. The number of carbonyl (C=O) groups is 1. The molecule has 3 heterocycles. The summed E-state index contributed by atoms with van der Waals surface area (Å²) in [5.74, 6) is 0.557. The Bertz CT molecular complexity index is 719. The summed E-state index contributed by atoms with van der Waals surface area (Å²) in [6.45, 7) is 8.16. The maximum absolute atomic E-state index is 12.3. The van der Waals surface area contributed by atoms with E-state index in [4.69, 9.17) is 0 Å². The third-order valence-corrected chi connectivity index (χ3v) is 6.71. The molecule has 7 nitrogen and oxygen atoms in total. The van der Waals surface area contributed by atoms with Crippen molar-refractivity contribution in [2.24, 2.45) is 13.0 Å². The van der Waals surface area contributed by atoms with Crippen LogP contribution in [0.25, 0.3) is 0 Å². The minimum Gasteiger partial charge on any atom is -0.324 e. The Morgan fingerprint density at radius 1 is 1.40 bits per heavy atom. The number of nitrogens with one attached hydrogen (secondary N) is 1. The Labute approximate surface area is 156 Å². The Balaban J connectivity index is 1.55. The second-order valence-corrected chi connectivity index (χ2v) is 9.39. The van der Waals surface area contributed by atoms with Gasteiger partial charge in [-0.1, -0.05) is 18.3 Å². The van der Waals surface area contributed by atoms with Gasteiger partial charge in [0.05, 0.1) is 16.9 Å². The van der Waals surface area contributed by atoms with Crippen LogP contribution >= 0.6 is 23.3 Å². The van der Waals surface area contributed by atoms with Crippen LogP contribution < -0.4 is 5.32 Å². The van der Waals surface area contributed by atoms with E-state index < -0.39 is 0 Å². The van der Waals surface area contributed by atoms with Gasteiger partial charge in [-0.3, -0.25) is 10.00 Å². The van der Waals surface area contributed by atoms with Crippen molar-refractivity contribution in [1.29, 1.82) is 0 Å². The molecule has 1 fully saturated rings. The van der Waals surface area contributed by atoms with Gasteiger partial charge in [0.2, 0.25) is 0 Å². The molecule has 0 aliphatic carbocycles. The molecule has 1 aliphatic rings. The maximum Gasteiger partial charge on any atom is 0.322 e. The van der Waals surface area contributed by atoms with Crippen LogP contribution in [-0.2, 0) is 7.05 Å². The van der Waals surface area contributed by atoms with Crippen molar-refractivity contribution in [2.75, 3.05) is 18.4 Å². The van der Waals surface area contributed by atoms with Crippen LogP contribution in [0.5, 0.6) is 0 Å². The fourth-order valence-corrected chi connectivity index (χ4v) is 4.97. The number of nitrogens with zero attached hydrogens (tertiary/aromatic N) is 5. The molecule has 0 radical (unpaired) electrons. The third-order valence-electron chi connectivity index (χ3n) is 4.68. The lowest BCUT2D eigenvalue weighted by Crippen LogP contribution is -2.44. The molecule has 1 N–H and O–H groups in total. The molecule has 2 aromatic rings. The molecule has 2 amide bonds. The number of carbonyl (C=O) groups excluding carboxylic acids is 1. The number of hydrogen-bond donors (Lipinski definition) is 1. The minimum absolute atomic E-state index is 0.0581. The zero-order valence-corrected chi connectivity index (χ0v) is 16.7. The standard InChI is InChI=1S/C16H24N6OS2/c1-11-9-14(21(4)19-11)24-16(2,3)12-5-7-22(8-6-12)15(23)18-13-10-17-20-25-13/h9-10,12H,5-8H2,1-4H3,(H,18,23). The average molecular weight is 381 g/mol. The van der Waals surface area contributed by atoms with Crippen LogP contribution in [0, 0.1) is 12.8 Å². The van der Waals surface area contributed by atoms with Crippen molar-refractivity contribution in [3.8, 4) is 0 Å². The highest BCUT2D eigenvalue weighted by atomic mass is 32.2. The highest BCUT2D eigenvalue weighted by molar-refractivity contribution is 8.00. The quantitative estimate of drug-likeness (QED) is 0.823. The van der Waals surface area contributed by atoms with Gasteiger partial charge in [-0.15, -0.1) is 16.9 Å². The molecule has 0 spiro atoms. The lowest BCUT2D eigenvalue weighted by atomic mass is 9.86. The van der Waals surface area contributed by atoms with Crippen LogP contribution in [0.15, 0.2) is 17.3 Å². The van der Waals surface area contributed by atoms with Crippen molar-refractivity contribution in [3.63, 3.8) is 0 Å². The summed E-state index contributed by atoms with van der Waals surface area (Å²) in [6, 6.07) is 2.08. The summed E-state index contributed by atoms with van der Waals surface area (Å²) in [7, 11) is 1.99. The number of hydrogen-bond acceptors (Lipinski definition) is 6. The van der Waals surface area contributed by atoms with Crippen molar-refractivity contribution >= 4 is 34.3 Å². The van der Waals surface area contributed by atoms with Gasteiger partial charge in [0.1, 0.15) is 5.00 Å². The Hall–Kier alpha value is -1.61. The number of urea groups is 1. The molecule has 9 heteroatoms. The predicted octanol–water partition coefficient (Wildman–Crippen LogP) is 3.39. The Morgan fingerprint density at radius 3 is 2.68 bits per heavy atom. The van der Waals surface area contributed by atoms with Crippen LogP contribution in [-0.4, -0.2) is 48.1 Å². The van der Waals surface area contributed by atoms with Crippen molar-refractivity contribution in [3.05, 3.63) is 18.0 Å². The molecule has 1 aliphatic heterocycles. The molecular formula is C16H24N6OS2. The van der Waals surface area contributed by atoms with E-state index in [2.05, 4.69) is 39.9 Å². The lowest BCUT2D eigenvalue weighted by Gasteiger charge is -2.40. The van der Waals surface area contributed by atoms with E-state index in [9.17, 15) is 4.79 Å². The van der Waals surface area contributed by atoms with Gasteiger partial charge in [0.15, 0.2) is 0 Å². The van der Waals surface area contributed by atoms with E-state index in [-0.39, 0.29) is 10.8 Å². The second-order valence-electron chi connectivity index (χ2n) is 6.93. The van der Waals surface area contributed by atoms with E-state index in [1.807, 2.05) is 35.3 Å². The first-order valence-corrected chi connectivity index (χ1v) is 9.97. The van der Waals surface area contributed by atoms with Crippen molar-refractivity contribution in [1.82, 2.24) is 24.3 Å². The first kappa shape index (κ1) is 18.2. The van der Waals surface area contributed by atoms with Crippen molar-refractivity contribution in [2.45, 2.75) is 43.4 Å². The van der Waals surface area contributed by atoms with E-state index >= 15 is 0 Å². The van der Waals surface area contributed by atoms with E-state index in [1.54, 1.807) is 6.20 Å². The van der Waals surface area contributed by atoms with Crippen LogP contribution in [0.3, 0.4) is 0 Å². The van der Waals surface area contributed by atoms with Crippen LogP contribution in [0.2, 0.25) is 0 Å². The number of anilines is 1. The molecule has 3 rings (SSSR count). The highest BCUT2D eigenvalue weighted by Crippen LogP contribution is 2.42. The zero-order valence-electron chi connectivity index (χ0n) is 15.0. The summed E-state index contributed by atoms with van der Waals surface area (Å²) in [4.78, 5) is 14.2. The molecule has 0 unspecified atom stereocenters. The van der Waals surface area contributed by atoms with Crippen LogP contribution in [0.4, 0.5) is 9.80 Å². The van der Waals surface area contributed by atoms with Gasteiger partial charge in [-0.25, -0.2) is 4.79 Å². The Kier molecular flexibility index (Phi) is 5.33. The van der Waals surface area contributed by atoms with E-state index in [0.717, 1.165) is 31.6 Å². The normalized spacial score (nSPS) is 16.2. The predicted molar refractivity (Wildman–Crippen MR) is 101 cm³/mol. The minimum atomic E-state index is -0.0581. The number of aromatic nitrogens is 4. The zero-order chi connectivity index (χ0) is 18.0. The molecule has 0 saturated carbocycles. The van der Waals surface area contributed by atoms with Gasteiger partial charge in [-0.2, -0.15) is 5.10 Å². The van der Waals surface area contributed by atoms with Gasteiger partial charge in [0, 0.05) is 36.4 Å². The highest BCUT2D eigenvalue weighted by Gasteiger charge is 2.35. The summed E-state index contributed by atoms with van der Waals surface area (Å²) < 4.78 is 5.82. The largest absolute Gasteiger partial charge is 0.324 e. The summed E-state index contributed by atoms with van der Waals surface area (Å²) in [5, 5.41) is 12.9. The van der Waals surface area contributed by atoms with Gasteiger partial charge < -0.3 is 4.90 Å². The van der Waals surface area contributed by atoms with Gasteiger partial charge in [-0.05, 0) is 31.7 Å². The van der Waals surface area contributed by atoms with E-state index in [0.29, 0.717) is 10.9 Å². The van der Waals surface area contributed by atoms with Crippen LogP contribution in [0.1, 0.15) is 32.4 Å². The van der Waals surface area contributed by atoms with Crippen molar-refractivity contribution < 1.29 is 4.79 Å². The molecule has 1 saturated heterocycles. The molecule has 0 bridgehead atoms. The van der Waals surface area contributed by atoms with Gasteiger partial charge >= 0.3 is 6.03 Å². The number of likely N-dealkylation sites (tertiary alicyclic amines) is 1. The molecule has 0 aromatic carbocycles. The summed E-state index contributed by atoms with van der Waals surface area (Å²) in [5.41, 5.74) is 1.05. The fourth-order valence-electron chi connectivity index (χ4n) is 3.22. The number of thioether (sulfide) groups is 1. The molecule has 2 aromatic heterocycles. The average Bonchev–Trinajstić information content (AvgIpc) is 3.17. The number of amides is 2. The molecular weight excluding hydrogens is 356 g/mol. The third kappa shape index (κ3) is 4.33. The molecule has 136 valence electrons. The monoisotopic (exact) mass is 380 g/mol. The Morgan fingerprint density at radius 2 is 2.12 bits per heavy atom. The first-order chi connectivity index (χ1) is 11.8. The smallest absolute Gasteiger partial charge is 0.322 e. The summed E-state index contributed by atoms with van der Waals surface area (Å²) in [6.07, 6.45) is 3.58.